The number of ether oxygens (including phenoxy) is 1. The molecular weight excluding hydrogens is 438 g/mol. The fraction of sp³-hybridized carbons (Fsp3) is 0.350. The number of nitrogens with zero attached hydrogens (tertiary/aromatic N) is 3. The van der Waals surface area contributed by atoms with E-state index in [-0.39, 0.29) is 16.3 Å². The molecule has 0 bridgehead atoms. The van der Waals surface area contributed by atoms with Gasteiger partial charge in [-0.05, 0) is 24.3 Å². The Morgan fingerprint density at radius 1 is 1.19 bits per heavy atom. The molecule has 0 saturated carbocycles. The number of sulfonamides is 1. The summed E-state index contributed by atoms with van der Waals surface area (Å²) in [5, 5.41) is 14.0. The molecule has 0 spiro atoms. The van der Waals surface area contributed by atoms with Crippen LogP contribution >= 0.6 is 0 Å². The summed E-state index contributed by atoms with van der Waals surface area (Å²) in [6, 6.07) is 10.8. The van der Waals surface area contributed by atoms with Crippen LogP contribution in [0.15, 0.2) is 47.4 Å². The molecule has 11 nitrogen and oxygen atoms in total. The number of carbonyl (C=O) groups excluding carboxylic acids is 1. The van der Waals surface area contributed by atoms with Gasteiger partial charge in [0.15, 0.2) is 0 Å². The minimum atomic E-state index is -4.14. The van der Waals surface area contributed by atoms with Gasteiger partial charge >= 0.3 is 0 Å². The largest absolute Gasteiger partial charge is 0.378 e. The summed E-state index contributed by atoms with van der Waals surface area (Å²) in [6.45, 7) is 2.01. The zero-order valence-corrected chi connectivity index (χ0v) is 18.6. The Labute approximate surface area is 186 Å². The molecule has 1 saturated heterocycles. The van der Waals surface area contributed by atoms with E-state index in [1.807, 2.05) is 12.1 Å². The van der Waals surface area contributed by atoms with E-state index in [0.29, 0.717) is 32.0 Å². The number of carbonyl (C=O) groups is 1. The van der Waals surface area contributed by atoms with Crippen molar-refractivity contribution in [2.24, 2.45) is 0 Å². The molecule has 0 atom stereocenters. The molecule has 1 aliphatic heterocycles. The maximum atomic E-state index is 12.6. The van der Waals surface area contributed by atoms with E-state index in [1.54, 1.807) is 26.2 Å². The highest BCUT2D eigenvalue weighted by molar-refractivity contribution is 7.89. The van der Waals surface area contributed by atoms with E-state index in [2.05, 4.69) is 14.9 Å². The van der Waals surface area contributed by atoms with Gasteiger partial charge in [-0.25, -0.2) is 13.1 Å². The highest BCUT2D eigenvalue weighted by Crippen LogP contribution is 2.29. The van der Waals surface area contributed by atoms with Crippen LogP contribution in [0.25, 0.3) is 0 Å². The SMILES string of the molecule is CN(C)c1ccc(S(=O)(=O)NCC(=O)Nc2ccccc2N2CCOCC2)cc1[N+](=O)[O-]. The third kappa shape index (κ3) is 5.52. The Morgan fingerprint density at radius 2 is 1.88 bits per heavy atom. The van der Waals surface area contributed by atoms with Crippen molar-refractivity contribution in [1.29, 1.82) is 0 Å². The fourth-order valence-electron chi connectivity index (χ4n) is 3.29. The van der Waals surface area contributed by atoms with Crippen molar-refractivity contribution in [2.45, 2.75) is 4.90 Å². The summed E-state index contributed by atoms with van der Waals surface area (Å²) in [4.78, 5) is 26.4. The first kappa shape index (κ1) is 23.4. The highest BCUT2D eigenvalue weighted by atomic mass is 32.2. The van der Waals surface area contributed by atoms with Crippen LogP contribution in [-0.2, 0) is 19.6 Å². The summed E-state index contributed by atoms with van der Waals surface area (Å²) in [5.41, 5.74) is 1.31. The lowest BCUT2D eigenvalue weighted by molar-refractivity contribution is -0.384. The molecule has 1 fully saturated rings. The quantitative estimate of drug-likeness (QED) is 0.443. The maximum absolute atomic E-state index is 12.6. The third-order valence-electron chi connectivity index (χ3n) is 4.89. The van der Waals surface area contributed by atoms with E-state index in [9.17, 15) is 23.3 Å². The van der Waals surface area contributed by atoms with Crippen LogP contribution in [0.1, 0.15) is 0 Å². The van der Waals surface area contributed by atoms with Gasteiger partial charge in [0, 0.05) is 33.3 Å². The first-order chi connectivity index (χ1) is 15.2. The number of hydrogen-bond donors (Lipinski definition) is 2. The van der Waals surface area contributed by atoms with E-state index in [4.69, 9.17) is 4.74 Å². The molecule has 2 aromatic carbocycles. The summed E-state index contributed by atoms with van der Waals surface area (Å²) in [5.74, 6) is -0.561. The second kappa shape index (κ2) is 9.94. The molecule has 12 heteroatoms. The molecule has 1 aliphatic rings. The smallest absolute Gasteiger partial charge is 0.293 e. The molecule has 2 aromatic rings. The summed E-state index contributed by atoms with van der Waals surface area (Å²) >= 11 is 0. The zero-order chi connectivity index (χ0) is 23.3. The number of benzene rings is 2. The minimum Gasteiger partial charge on any atom is -0.378 e. The first-order valence-electron chi connectivity index (χ1n) is 9.86. The molecule has 1 amide bonds. The predicted molar refractivity (Wildman–Crippen MR) is 121 cm³/mol. The van der Waals surface area contributed by atoms with Crippen LogP contribution in [-0.4, -0.2) is 66.2 Å². The van der Waals surface area contributed by atoms with Gasteiger partial charge in [-0.3, -0.25) is 14.9 Å². The van der Waals surface area contributed by atoms with E-state index in [0.717, 1.165) is 11.8 Å². The second-order valence-electron chi connectivity index (χ2n) is 7.29. The Kier molecular flexibility index (Phi) is 7.28. The number of rotatable bonds is 8. The topological polar surface area (TPSA) is 134 Å². The minimum absolute atomic E-state index is 0.270. The van der Waals surface area contributed by atoms with Crippen LogP contribution in [0, 0.1) is 10.1 Å². The number of morpholine rings is 1. The second-order valence-corrected chi connectivity index (χ2v) is 9.06. The lowest BCUT2D eigenvalue weighted by Crippen LogP contribution is -2.37. The maximum Gasteiger partial charge on any atom is 0.293 e. The Bertz CT molecular complexity index is 1100. The van der Waals surface area contributed by atoms with Crippen molar-refractivity contribution >= 4 is 38.7 Å². The van der Waals surface area contributed by atoms with E-state index >= 15 is 0 Å². The number of hydrogen-bond acceptors (Lipinski definition) is 8. The molecular formula is C20H25N5O6S. The highest BCUT2D eigenvalue weighted by Gasteiger charge is 2.23. The standard InChI is InChI=1S/C20H25N5O6S/c1-23(2)18-8-7-15(13-19(18)25(27)28)32(29,30)21-14-20(26)22-16-5-3-4-6-17(16)24-9-11-31-12-10-24/h3-8,13,21H,9-12,14H2,1-2H3,(H,22,26). The predicted octanol–water partition coefficient (Wildman–Crippen LogP) is 1.41. The van der Waals surface area contributed by atoms with Gasteiger partial charge in [0.2, 0.25) is 15.9 Å². The first-order valence-corrected chi connectivity index (χ1v) is 11.3. The molecule has 32 heavy (non-hydrogen) atoms. The van der Waals surface area contributed by atoms with Crippen LogP contribution in [0.5, 0.6) is 0 Å². The number of nitro groups is 1. The van der Waals surface area contributed by atoms with Gasteiger partial charge < -0.3 is 19.9 Å². The molecule has 2 N–H and O–H groups in total. The van der Waals surface area contributed by atoms with Gasteiger partial charge in [0.25, 0.3) is 5.69 Å². The number of nitro benzene ring substituents is 1. The normalized spacial score (nSPS) is 14.1. The van der Waals surface area contributed by atoms with E-state index < -0.39 is 27.4 Å². The van der Waals surface area contributed by atoms with Gasteiger partial charge in [-0.15, -0.1) is 0 Å². The third-order valence-corrected chi connectivity index (χ3v) is 6.29. The molecule has 0 aliphatic carbocycles. The molecule has 0 aromatic heterocycles. The molecule has 0 radical (unpaired) electrons. The number of amides is 1. The van der Waals surface area contributed by atoms with E-state index in [1.165, 1.54) is 17.0 Å². The van der Waals surface area contributed by atoms with Gasteiger partial charge in [0.1, 0.15) is 5.69 Å². The molecule has 0 unspecified atom stereocenters. The lowest BCUT2D eigenvalue weighted by Gasteiger charge is -2.30. The van der Waals surface area contributed by atoms with Crippen molar-refractivity contribution in [3.05, 3.63) is 52.6 Å². The zero-order valence-electron chi connectivity index (χ0n) is 17.8. The van der Waals surface area contributed by atoms with Crippen LogP contribution in [0.4, 0.5) is 22.7 Å². The van der Waals surface area contributed by atoms with Crippen LogP contribution < -0.4 is 19.8 Å². The van der Waals surface area contributed by atoms with Crippen molar-refractivity contribution in [2.75, 3.05) is 62.1 Å². The Hall–Kier alpha value is -3.22. The average molecular weight is 464 g/mol. The Morgan fingerprint density at radius 3 is 2.53 bits per heavy atom. The van der Waals surface area contributed by atoms with Crippen LogP contribution in [0.2, 0.25) is 0 Å². The number of nitrogens with one attached hydrogen (secondary N) is 2. The van der Waals surface area contributed by atoms with Crippen molar-refractivity contribution < 1.29 is 22.9 Å². The van der Waals surface area contributed by atoms with Crippen molar-refractivity contribution in [3.8, 4) is 0 Å². The monoisotopic (exact) mass is 463 g/mol. The molecule has 3 rings (SSSR count). The number of para-hydroxylation sites is 2. The average Bonchev–Trinajstić information content (AvgIpc) is 2.78. The fourth-order valence-corrected chi connectivity index (χ4v) is 4.29. The van der Waals surface area contributed by atoms with Crippen LogP contribution in [0.3, 0.4) is 0 Å². The molecule has 1 heterocycles. The van der Waals surface area contributed by atoms with Gasteiger partial charge in [-0.2, -0.15) is 0 Å². The Balaban J connectivity index is 1.70. The summed E-state index contributed by atoms with van der Waals surface area (Å²) < 4.78 is 32.8. The molecule has 172 valence electrons. The van der Waals surface area contributed by atoms with Gasteiger partial charge in [-0.1, -0.05) is 12.1 Å². The summed E-state index contributed by atoms with van der Waals surface area (Å²) in [6.07, 6.45) is 0. The summed E-state index contributed by atoms with van der Waals surface area (Å²) in [7, 11) is -0.900. The lowest BCUT2D eigenvalue weighted by atomic mass is 10.2. The number of anilines is 3. The van der Waals surface area contributed by atoms with Crippen molar-refractivity contribution in [1.82, 2.24) is 4.72 Å². The van der Waals surface area contributed by atoms with Gasteiger partial charge in [0.05, 0.1) is 41.0 Å². The van der Waals surface area contributed by atoms with Crippen molar-refractivity contribution in [3.63, 3.8) is 0 Å².